The first-order valence-electron chi connectivity index (χ1n) is 7.12. The minimum atomic E-state index is -0.698. The molecule has 0 amide bonds. The van der Waals surface area contributed by atoms with Crippen LogP contribution in [0.25, 0.3) is 0 Å². The summed E-state index contributed by atoms with van der Waals surface area (Å²) in [7, 11) is 0. The molecule has 20 heavy (non-hydrogen) atoms. The van der Waals surface area contributed by atoms with E-state index in [2.05, 4.69) is 6.92 Å². The topological polar surface area (TPSA) is 52.0 Å². The number of furan rings is 1. The van der Waals surface area contributed by atoms with Crippen LogP contribution in [0, 0.1) is 6.92 Å². The highest BCUT2D eigenvalue weighted by Crippen LogP contribution is 2.48. The van der Waals surface area contributed by atoms with E-state index in [9.17, 15) is 4.79 Å². The van der Waals surface area contributed by atoms with Gasteiger partial charge in [-0.15, -0.1) is 0 Å². The maximum atomic E-state index is 12.1. The molecule has 0 N–H and O–H groups in total. The summed E-state index contributed by atoms with van der Waals surface area (Å²) >= 11 is 0. The van der Waals surface area contributed by atoms with E-state index in [1.165, 1.54) is 0 Å². The van der Waals surface area contributed by atoms with E-state index in [1.54, 1.807) is 6.26 Å². The maximum Gasteiger partial charge on any atom is 0.335 e. The fourth-order valence-electron chi connectivity index (χ4n) is 3.69. The van der Waals surface area contributed by atoms with Crippen LogP contribution >= 0.6 is 0 Å². The van der Waals surface area contributed by atoms with Crippen LogP contribution in [-0.4, -0.2) is 17.7 Å². The van der Waals surface area contributed by atoms with Crippen molar-refractivity contribution >= 4 is 5.97 Å². The van der Waals surface area contributed by atoms with E-state index >= 15 is 0 Å². The Bertz CT molecular complexity index is 641. The van der Waals surface area contributed by atoms with Gasteiger partial charge in [-0.3, -0.25) is 0 Å². The number of hydrogen-bond acceptors (Lipinski definition) is 4. The van der Waals surface area contributed by atoms with Crippen LogP contribution in [-0.2, 0) is 26.3 Å². The minimum absolute atomic E-state index is 0.157. The predicted octanol–water partition coefficient (Wildman–Crippen LogP) is 2.78. The van der Waals surface area contributed by atoms with Gasteiger partial charge in [-0.2, -0.15) is 0 Å². The van der Waals surface area contributed by atoms with Gasteiger partial charge in [-0.05, 0) is 45.3 Å². The van der Waals surface area contributed by atoms with Crippen LogP contribution in [0.3, 0.4) is 0 Å². The molecule has 0 radical (unpaired) electrons. The maximum absolute atomic E-state index is 12.1. The van der Waals surface area contributed by atoms with Crippen LogP contribution in [0.15, 0.2) is 22.3 Å². The predicted molar refractivity (Wildman–Crippen MR) is 71.2 cm³/mol. The highest BCUT2D eigenvalue weighted by atomic mass is 16.6. The van der Waals surface area contributed by atoms with Crippen LogP contribution in [0.4, 0.5) is 0 Å². The number of rotatable bonds is 0. The molecule has 3 aliphatic rings. The van der Waals surface area contributed by atoms with Crippen LogP contribution in [0.2, 0.25) is 0 Å². The summed E-state index contributed by atoms with van der Waals surface area (Å²) in [5.41, 5.74) is 1.92. The molecule has 4 heteroatoms. The van der Waals surface area contributed by atoms with Gasteiger partial charge in [-0.25, -0.2) is 4.79 Å². The van der Waals surface area contributed by atoms with Gasteiger partial charge >= 0.3 is 5.97 Å². The van der Waals surface area contributed by atoms with Crippen molar-refractivity contribution < 1.29 is 18.7 Å². The standard InChI is InChI=1S/C16H18O4/c1-9-8-18-11-7-15(2)12(19-15)5-4-10-6-16(3,13(9)11)20-14(10)17/h6,8,12H,4-5,7H2,1-3H3/t12-,15-,16+/m0/s1. The molecule has 106 valence electrons. The van der Waals surface area contributed by atoms with E-state index in [1.807, 2.05) is 19.9 Å². The number of esters is 1. The van der Waals surface area contributed by atoms with Gasteiger partial charge in [0.1, 0.15) is 5.76 Å². The fraction of sp³-hybridized carbons (Fsp3) is 0.562. The number of hydrogen-bond donors (Lipinski definition) is 0. The number of carbonyl (C=O) groups excluding carboxylic acids is 1. The van der Waals surface area contributed by atoms with Crippen molar-refractivity contribution in [1.29, 1.82) is 0 Å². The Morgan fingerprint density at radius 1 is 1.35 bits per heavy atom. The molecule has 4 rings (SSSR count). The lowest BCUT2D eigenvalue weighted by Crippen LogP contribution is -2.24. The molecule has 2 bridgehead atoms. The zero-order valence-electron chi connectivity index (χ0n) is 12.0. The van der Waals surface area contributed by atoms with E-state index in [-0.39, 0.29) is 17.7 Å². The van der Waals surface area contributed by atoms with Gasteiger partial charge in [0.25, 0.3) is 0 Å². The lowest BCUT2D eigenvalue weighted by molar-refractivity contribution is -0.146. The summed E-state index contributed by atoms with van der Waals surface area (Å²) in [6.45, 7) is 6.04. The van der Waals surface area contributed by atoms with Gasteiger partial charge in [0, 0.05) is 17.6 Å². The SMILES string of the molecule is Cc1coc2c1[C@@]1(C)C=C(CC[C@@H]3O[C@@]3(C)C2)C(=O)O1. The Balaban J connectivity index is 1.88. The summed E-state index contributed by atoms with van der Waals surface area (Å²) in [5, 5.41) is 0. The molecular weight excluding hydrogens is 256 g/mol. The van der Waals surface area contributed by atoms with Crippen molar-refractivity contribution in [2.24, 2.45) is 0 Å². The molecule has 0 spiro atoms. The number of fused-ring (bicyclic) bond motifs is 4. The summed E-state index contributed by atoms with van der Waals surface area (Å²) in [4.78, 5) is 12.1. The summed E-state index contributed by atoms with van der Waals surface area (Å²) in [6.07, 6.45) is 6.23. The first-order chi connectivity index (χ1) is 9.41. The minimum Gasteiger partial charge on any atom is -0.468 e. The largest absolute Gasteiger partial charge is 0.468 e. The van der Waals surface area contributed by atoms with Gasteiger partial charge in [0.05, 0.1) is 18.0 Å². The molecule has 0 aromatic carbocycles. The zero-order valence-corrected chi connectivity index (χ0v) is 12.0. The van der Waals surface area contributed by atoms with Crippen molar-refractivity contribution in [3.8, 4) is 0 Å². The Labute approximate surface area is 117 Å². The van der Waals surface area contributed by atoms with Crippen molar-refractivity contribution in [1.82, 2.24) is 0 Å². The third kappa shape index (κ3) is 1.54. The lowest BCUT2D eigenvalue weighted by atomic mass is 9.86. The third-order valence-electron chi connectivity index (χ3n) is 4.79. The van der Waals surface area contributed by atoms with E-state index in [0.717, 1.165) is 41.7 Å². The third-order valence-corrected chi connectivity index (χ3v) is 4.79. The van der Waals surface area contributed by atoms with Crippen LogP contribution in [0.1, 0.15) is 43.6 Å². The molecule has 0 saturated carbocycles. The summed E-state index contributed by atoms with van der Waals surface area (Å²) in [5.74, 6) is 0.672. The molecule has 3 atom stereocenters. The number of ether oxygens (including phenoxy) is 2. The Kier molecular flexibility index (Phi) is 2.17. The zero-order chi connectivity index (χ0) is 14.1. The number of carbonyl (C=O) groups is 1. The monoisotopic (exact) mass is 274 g/mol. The Hall–Kier alpha value is -1.55. The summed E-state index contributed by atoms with van der Waals surface area (Å²) in [6, 6.07) is 0. The first kappa shape index (κ1) is 12.2. The molecular formula is C16H18O4. The average Bonchev–Trinajstić information content (AvgIpc) is 2.68. The molecule has 1 aromatic rings. The highest BCUT2D eigenvalue weighted by molar-refractivity contribution is 5.91. The van der Waals surface area contributed by atoms with Gasteiger partial charge in [0.2, 0.25) is 0 Å². The fourth-order valence-corrected chi connectivity index (χ4v) is 3.69. The molecule has 3 heterocycles. The molecule has 1 aliphatic carbocycles. The second-order valence-electron chi connectivity index (χ2n) is 6.52. The van der Waals surface area contributed by atoms with Crippen LogP contribution in [0.5, 0.6) is 0 Å². The quantitative estimate of drug-likeness (QED) is 0.539. The summed E-state index contributed by atoms with van der Waals surface area (Å²) < 4.78 is 17.2. The molecule has 1 fully saturated rings. The van der Waals surface area contributed by atoms with E-state index in [4.69, 9.17) is 13.9 Å². The Morgan fingerprint density at radius 3 is 2.95 bits per heavy atom. The Morgan fingerprint density at radius 2 is 2.15 bits per heavy atom. The smallest absolute Gasteiger partial charge is 0.335 e. The average molecular weight is 274 g/mol. The first-order valence-corrected chi connectivity index (χ1v) is 7.12. The van der Waals surface area contributed by atoms with E-state index < -0.39 is 5.60 Å². The number of aryl methyl sites for hydroxylation is 1. The van der Waals surface area contributed by atoms with E-state index in [0.29, 0.717) is 0 Å². The molecule has 4 nitrogen and oxygen atoms in total. The van der Waals surface area contributed by atoms with Crippen molar-refractivity contribution in [2.75, 3.05) is 0 Å². The molecule has 2 aliphatic heterocycles. The van der Waals surface area contributed by atoms with Gasteiger partial charge < -0.3 is 13.9 Å². The second kappa shape index (κ2) is 3.55. The van der Waals surface area contributed by atoms with Crippen LogP contribution < -0.4 is 0 Å². The van der Waals surface area contributed by atoms with Crippen molar-refractivity contribution in [3.05, 3.63) is 34.8 Å². The van der Waals surface area contributed by atoms with Crippen molar-refractivity contribution in [2.45, 2.75) is 57.3 Å². The second-order valence-corrected chi connectivity index (χ2v) is 6.52. The molecule has 1 saturated heterocycles. The molecule has 1 aromatic heterocycles. The lowest BCUT2D eigenvalue weighted by Gasteiger charge is -2.23. The normalized spacial score (nSPS) is 38.6. The number of epoxide rings is 1. The highest BCUT2D eigenvalue weighted by Gasteiger charge is 2.54. The molecule has 0 unspecified atom stereocenters. The van der Waals surface area contributed by atoms with Gasteiger partial charge in [-0.1, -0.05) is 0 Å². The van der Waals surface area contributed by atoms with Crippen molar-refractivity contribution in [3.63, 3.8) is 0 Å². The van der Waals surface area contributed by atoms with Gasteiger partial charge in [0.15, 0.2) is 5.60 Å².